The molecule has 0 aromatic heterocycles. The number of fused-ring (bicyclic) bond motifs is 4. The van der Waals surface area contributed by atoms with Crippen LogP contribution in [0.1, 0.15) is 93.3 Å². The summed E-state index contributed by atoms with van der Waals surface area (Å²) in [7, 11) is 6.84. The second-order valence-electron chi connectivity index (χ2n) is 13.4. The van der Waals surface area contributed by atoms with Gasteiger partial charge in [-0.3, -0.25) is 9.59 Å². The van der Waals surface area contributed by atoms with E-state index in [1.807, 2.05) is 0 Å². The topological polar surface area (TPSA) is 97.8 Å². The van der Waals surface area contributed by atoms with Gasteiger partial charge in [0.05, 0.1) is 19.3 Å². The van der Waals surface area contributed by atoms with Crippen LogP contribution in [0.2, 0.25) is 0 Å². The van der Waals surface area contributed by atoms with Crippen molar-refractivity contribution in [2.24, 2.45) is 0 Å². The van der Waals surface area contributed by atoms with Gasteiger partial charge in [0, 0.05) is 81.0 Å². The molecule has 0 bridgehead atoms. The Hall–Kier alpha value is -2.06. The van der Waals surface area contributed by atoms with Crippen LogP contribution in [-0.4, -0.2) is 74.6 Å². The molecule has 0 saturated heterocycles. The third-order valence-electron chi connectivity index (χ3n) is 7.28. The number of aliphatic hydroxyl groups is 1. The zero-order valence-electron chi connectivity index (χ0n) is 27.0. The number of carbonyl (C=O) groups excluding carboxylic acids is 2. The highest BCUT2D eigenvalue weighted by atomic mass is 32.2. The number of benzene rings is 2. The highest BCUT2D eigenvalue weighted by molar-refractivity contribution is 8.21. The van der Waals surface area contributed by atoms with Crippen LogP contribution in [0.25, 0.3) is 0 Å². The van der Waals surface area contributed by atoms with Crippen LogP contribution in [0.15, 0.2) is 19.6 Å². The van der Waals surface area contributed by atoms with Gasteiger partial charge < -0.3 is 33.9 Å². The molecule has 238 valence electrons. The summed E-state index contributed by atoms with van der Waals surface area (Å²) in [6, 6.07) is 0. The second kappa shape index (κ2) is 9.97. The van der Waals surface area contributed by atoms with Crippen LogP contribution in [0.4, 0.5) is 0 Å². The minimum Gasteiger partial charge on any atom is -0.448 e. The molecule has 1 N–H and O–H groups in total. The Labute approximate surface area is 275 Å². The van der Waals surface area contributed by atoms with E-state index in [9.17, 15) is 14.7 Å². The number of thioether (sulfide) groups is 4. The van der Waals surface area contributed by atoms with Crippen molar-refractivity contribution in [2.75, 3.05) is 28.2 Å². The van der Waals surface area contributed by atoms with E-state index in [1.54, 1.807) is 108 Å². The van der Waals surface area contributed by atoms with Crippen LogP contribution in [0, 0.1) is 0 Å². The van der Waals surface area contributed by atoms with Crippen molar-refractivity contribution in [1.82, 2.24) is 9.80 Å². The lowest BCUT2D eigenvalue weighted by Gasteiger charge is -2.24. The Morgan fingerprint density at radius 3 is 1.30 bits per heavy atom. The third-order valence-corrected chi connectivity index (χ3v) is 13.0. The Morgan fingerprint density at radius 1 is 0.568 bits per heavy atom. The monoisotopic (exact) mass is 678 g/mol. The largest absolute Gasteiger partial charge is 0.448 e. The molecular weight excluding hydrogens is 641 g/mol. The second-order valence-corrected chi connectivity index (χ2v) is 20.5. The predicted molar refractivity (Wildman–Crippen MR) is 175 cm³/mol. The van der Waals surface area contributed by atoms with Crippen LogP contribution < -0.4 is 18.9 Å². The highest BCUT2D eigenvalue weighted by Crippen LogP contribution is 2.68. The molecule has 44 heavy (non-hydrogen) atoms. The Balaban J connectivity index is 1.68. The summed E-state index contributed by atoms with van der Waals surface area (Å²) in [5, 5.41) is 12.7. The van der Waals surface area contributed by atoms with Gasteiger partial charge in [0.25, 0.3) is 11.8 Å². The number of aliphatic hydroxyl groups excluding tert-OH is 1. The molecule has 13 heteroatoms. The molecular formula is C31H38N2O7S4. The summed E-state index contributed by atoms with van der Waals surface area (Å²) in [6.45, 7) is 15.5. The van der Waals surface area contributed by atoms with E-state index in [2.05, 4.69) is 27.7 Å². The van der Waals surface area contributed by atoms with Crippen molar-refractivity contribution >= 4 is 58.9 Å². The van der Waals surface area contributed by atoms with Crippen molar-refractivity contribution in [1.29, 1.82) is 0 Å². The van der Waals surface area contributed by atoms with E-state index < -0.39 is 17.7 Å². The molecule has 9 nitrogen and oxygen atoms in total. The van der Waals surface area contributed by atoms with Crippen molar-refractivity contribution in [3.8, 4) is 23.0 Å². The summed E-state index contributed by atoms with van der Waals surface area (Å²) in [5.74, 6) is -1.73. The zero-order chi connectivity index (χ0) is 32.5. The molecule has 0 fully saturated rings. The molecule has 1 atom stereocenters. The number of hydrogen-bond acceptors (Lipinski definition) is 11. The lowest BCUT2D eigenvalue weighted by molar-refractivity contribution is -0.0501. The first kappa shape index (κ1) is 31.9. The van der Waals surface area contributed by atoms with Crippen LogP contribution >= 0.6 is 47.0 Å². The van der Waals surface area contributed by atoms with Crippen LogP contribution in [0.5, 0.6) is 23.0 Å². The maximum Gasteiger partial charge on any atom is 0.261 e. The minimum absolute atomic E-state index is 0.0690. The van der Waals surface area contributed by atoms with Gasteiger partial charge >= 0.3 is 0 Å². The normalized spacial score (nSPS) is 21.1. The molecule has 0 radical (unpaired) electrons. The molecule has 4 aliphatic rings. The Kier molecular flexibility index (Phi) is 7.23. The van der Waals surface area contributed by atoms with E-state index >= 15 is 0 Å². The summed E-state index contributed by atoms with van der Waals surface area (Å²) in [4.78, 5) is 33.8. The predicted octanol–water partition coefficient (Wildman–Crippen LogP) is 7.05. The summed E-state index contributed by atoms with van der Waals surface area (Å²) in [5.41, 5.74) is 1.88. The van der Waals surface area contributed by atoms with E-state index in [1.165, 1.54) is 4.90 Å². The standard InChI is InChI=1S/C31H38N2O7S4/c1-28(2)37-18-13(19-21(40-29(3,4)38-19)15(20(18)39-28)26(35)32(9)10)17(34)14-22-24(43-30(5,6)41-22)16(27(36)33(11)12)25-23(14)42-31(7,8)44-25/h17,34H,1-12H3. The third kappa shape index (κ3) is 5.01. The SMILES string of the molecule is CN(C)C(=O)c1c2c(c(C(O)c3c4c(c(C(=O)N(C)C)c5c3SC(C)(C)S5)SC(C)(C)S4)c3c1OC(C)(C)O3)OC(C)(C)O2. The lowest BCUT2D eigenvalue weighted by atomic mass is 9.95. The number of hydrogen-bond donors (Lipinski definition) is 1. The van der Waals surface area contributed by atoms with Crippen molar-refractivity contribution in [3.63, 3.8) is 0 Å². The molecule has 0 spiro atoms. The number of rotatable bonds is 4. The van der Waals surface area contributed by atoms with Crippen molar-refractivity contribution in [3.05, 3.63) is 22.3 Å². The quantitative estimate of drug-likeness (QED) is 0.360. The first-order valence-electron chi connectivity index (χ1n) is 14.2. The fourth-order valence-electron chi connectivity index (χ4n) is 5.68. The number of nitrogens with zero attached hydrogens (tertiary/aromatic N) is 2. The van der Waals surface area contributed by atoms with E-state index in [0.29, 0.717) is 16.7 Å². The molecule has 2 aromatic carbocycles. The van der Waals surface area contributed by atoms with Crippen molar-refractivity contribution < 1.29 is 33.6 Å². The zero-order valence-corrected chi connectivity index (χ0v) is 30.3. The van der Waals surface area contributed by atoms with Gasteiger partial charge in [-0.1, -0.05) is 0 Å². The summed E-state index contributed by atoms with van der Waals surface area (Å²) < 4.78 is 24.7. The minimum atomic E-state index is -1.26. The first-order chi connectivity index (χ1) is 20.1. The van der Waals surface area contributed by atoms with Gasteiger partial charge in [0.2, 0.25) is 11.6 Å². The highest BCUT2D eigenvalue weighted by Gasteiger charge is 2.51. The van der Waals surface area contributed by atoms with Gasteiger partial charge in [-0.2, -0.15) is 0 Å². The molecule has 0 aliphatic carbocycles. The van der Waals surface area contributed by atoms with Gasteiger partial charge in [0.1, 0.15) is 11.7 Å². The average molecular weight is 679 g/mol. The van der Waals surface area contributed by atoms with Gasteiger partial charge in [0.15, 0.2) is 23.0 Å². The molecule has 2 amide bonds. The van der Waals surface area contributed by atoms with Gasteiger partial charge in [-0.25, -0.2) is 0 Å². The lowest BCUT2D eigenvalue weighted by Crippen LogP contribution is -2.32. The molecule has 2 aromatic rings. The molecule has 4 aliphatic heterocycles. The van der Waals surface area contributed by atoms with E-state index in [-0.39, 0.29) is 48.5 Å². The molecule has 0 saturated carbocycles. The first-order valence-corrected chi connectivity index (χ1v) is 17.5. The van der Waals surface area contributed by atoms with Gasteiger partial charge in [-0.05, 0) is 27.7 Å². The Bertz CT molecular complexity index is 1440. The number of carbonyl (C=O) groups is 2. The molecule has 6 rings (SSSR count). The molecule has 1 unspecified atom stereocenters. The summed E-state index contributed by atoms with van der Waals surface area (Å²) in [6.07, 6.45) is -1.26. The number of amides is 2. The molecule has 4 heterocycles. The fraction of sp³-hybridized carbons (Fsp3) is 0.548. The van der Waals surface area contributed by atoms with Crippen LogP contribution in [0.3, 0.4) is 0 Å². The van der Waals surface area contributed by atoms with E-state index in [4.69, 9.17) is 18.9 Å². The van der Waals surface area contributed by atoms with Crippen molar-refractivity contribution in [2.45, 2.75) is 101 Å². The van der Waals surface area contributed by atoms with Crippen LogP contribution in [-0.2, 0) is 0 Å². The number of ether oxygens (including phenoxy) is 4. The maximum absolute atomic E-state index is 13.8. The maximum atomic E-state index is 13.8. The van der Waals surface area contributed by atoms with E-state index in [0.717, 1.165) is 19.6 Å². The smallest absolute Gasteiger partial charge is 0.261 e. The Morgan fingerprint density at radius 2 is 0.909 bits per heavy atom. The average Bonchev–Trinajstić information content (AvgIpc) is 3.55. The fourth-order valence-corrected chi connectivity index (χ4v) is 11.6. The van der Waals surface area contributed by atoms with Gasteiger partial charge in [-0.15, -0.1) is 47.0 Å². The summed E-state index contributed by atoms with van der Waals surface area (Å²) >= 11 is 6.55.